The van der Waals surface area contributed by atoms with Crippen LogP contribution in [0.5, 0.6) is 0 Å². The summed E-state index contributed by atoms with van der Waals surface area (Å²) in [5.74, 6) is 1.37. The maximum absolute atomic E-state index is 14.1. The van der Waals surface area contributed by atoms with Crippen LogP contribution < -0.4 is 5.73 Å². The molecule has 0 heterocycles. The van der Waals surface area contributed by atoms with Crippen LogP contribution in [0.15, 0.2) is 18.2 Å². The zero-order chi connectivity index (χ0) is 14.1. The number of hydrogen-bond donors (Lipinski definition) is 1. The Kier molecular flexibility index (Phi) is 4.29. The molecule has 1 unspecified atom stereocenters. The van der Waals surface area contributed by atoms with E-state index < -0.39 is 0 Å². The van der Waals surface area contributed by atoms with Crippen molar-refractivity contribution in [3.63, 3.8) is 0 Å². The Bertz CT molecular complexity index is 458. The highest BCUT2D eigenvalue weighted by atomic mass is 35.5. The lowest BCUT2D eigenvalue weighted by Crippen LogP contribution is -2.37. The van der Waals surface area contributed by atoms with E-state index >= 15 is 0 Å². The molecule has 0 amide bonds. The second-order valence-electron chi connectivity index (χ2n) is 6.26. The van der Waals surface area contributed by atoms with Crippen molar-refractivity contribution in [1.82, 2.24) is 4.90 Å². The van der Waals surface area contributed by atoms with Gasteiger partial charge in [-0.1, -0.05) is 11.6 Å². The van der Waals surface area contributed by atoms with Gasteiger partial charge in [0.15, 0.2) is 0 Å². The summed E-state index contributed by atoms with van der Waals surface area (Å²) in [6.45, 7) is 2.53. The van der Waals surface area contributed by atoms with Crippen LogP contribution in [0.3, 0.4) is 0 Å². The Balaban J connectivity index is 1.81. The number of rotatable bonds is 7. The van der Waals surface area contributed by atoms with Crippen molar-refractivity contribution in [3.05, 3.63) is 34.6 Å². The third-order valence-corrected chi connectivity index (χ3v) is 4.60. The molecule has 1 aromatic rings. The molecule has 2 saturated carbocycles. The van der Waals surface area contributed by atoms with Gasteiger partial charge < -0.3 is 5.73 Å². The molecule has 2 fully saturated rings. The van der Waals surface area contributed by atoms with E-state index in [0.29, 0.717) is 17.1 Å². The van der Waals surface area contributed by atoms with Crippen molar-refractivity contribution < 1.29 is 4.39 Å². The van der Waals surface area contributed by atoms with Crippen LogP contribution in [0.4, 0.5) is 4.39 Å². The van der Waals surface area contributed by atoms with Gasteiger partial charge in [0.1, 0.15) is 5.82 Å². The highest BCUT2D eigenvalue weighted by Crippen LogP contribution is 2.37. The lowest BCUT2D eigenvalue weighted by Gasteiger charge is -2.31. The molecule has 0 aromatic heterocycles. The van der Waals surface area contributed by atoms with Gasteiger partial charge in [0.2, 0.25) is 0 Å². The van der Waals surface area contributed by atoms with Gasteiger partial charge in [0, 0.05) is 36.3 Å². The monoisotopic (exact) mass is 296 g/mol. The Morgan fingerprint density at radius 2 is 1.80 bits per heavy atom. The minimum absolute atomic E-state index is 0.0464. The SMILES string of the molecule is NCC(c1cc(Cl)ccc1F)N(CC1CC1)CC1CC1. The molecule has 4 heteroatoms. The predicted octanol–water partition coefficient (Wildman–Crippen LogP) is 3.60. The fourth-order valence-electron chi connectivity index (χ4n) is 2.84. The summed E-state index contributed by atoms with van der Waals surface area (Å²) in [5.41, 5.74) is 6.62. The van der Waals surface area contributed by atoms with Gasteiger partial charge in [0.25, 0.3) is 0 Å². The number of nitrogens with zero attached hydrogens (tertiary/aromatic N) is 1. The number of nitrogens with two attached hydrogens (primary N) is 1. The summed E-state index contributed by atoms with van der Waals surface area (Å²) in [5, 5.41) is 0.581. The first-order valence-electron chi connectivity index (χ1n) is 7.56. The lowest BCUT2D eigenvalue weighted by molar-refractivity contribution is 0.181. The molecular weight excluding hydrogens is 275 g/mol. The first-order valence-corrected chi connectivity index (χ1v) is 7.94. The van der Waals surface area contributed by atoms with E-state index in [1.165, 1.54) is 31.7 Å². The van der Waals surface area contributed by atoms with E-state index in [2.05, 4.69) is 4.90 Å². The molecule has 1 atom stereocenters. The topological polar surface area (TPSA) is 29.3 Å². The number of halogens is 2. The van der Waals surface area contributed by atoms with Gasteiger partial charge in [-0.25, -0.2) is 4.39 Å². The predicted molar refractivity (Wildman–Crippen MR) is 80.2 cm³/mol. The van der Waals surface area contributed by atoms with Gasteiger partial charge in [-0.05, 0) is 55.7 Å². The smallest absolute Gasteiger partial charge is 0.128 e. The maximum atomic E-state index is 14.1. The van der Waals surface area contributed by atoms with Crippen molar-refractivity contribution in [2.75, 3.05) is 19.6 Å². The Morgan fingerprint density at radius 3 is 2.30 bits per heavy atom. The maximum Gasteiger partial charge on any atom is 0.128 e. The van der Waals surface area contributed by atoms with Gasteiger partial charge in [-0.2, -0.15) is 0 Å². The van der Waals surface area contributed by atoms with Crippen LogP contribution in [-0.2, 0) is 0 Å². The van der Waals surface area contributed by atoms with Gasteiger partial charge in [-0.15, -0.1) is 0 Å². The summed E-state index contributed by atoms with van der Waals surface area (Å²) in [7, 11) is 0. The Morgan fingerprint density at radius 1 is 1.20 bits per heavy atom. The standard InChI is InChI=1S/C16H22ClFN2/c17-13-5-6-15(18)14(7-13)16(8-19)20(9-11-1-2-11)10-12-3-4-12/h5-7,11-12,16H,1-4,8-10,19H2. The third kappa shape index (κ3) is 3.51. The van der Waals surface area contributed by atoms with Crippen LogP contribution >= 0.6 is 11.6 Å². The molecule has 110 valence electrons. The lowest BCUT2D eigenvalue weighted by atomic mass is 10.0. The molecular formula is C16H22ClFN2. The Hall–Kier alpha value is -0.640. The number of hydrogen-bond acceptors (Lipinski definition) is 2. The molecule has 2 nitrogen and oxygen atoms in total. The van der Waals surface area contributed by atoms with Crippen molar-refractivity contribution in [3.8, 4) is 0 Å². The van der Waals surface area contributed by atoms with Gasteiger partial charge >= 0.3 is 0 Å². The zero-order valence-corrected chi connectivity index (χ0v) is 12.5. The second-order valence-corrected chi connectivity index (χ2v) is 6.69. The van der Waals surface area contributed by atoms with Crippen LogP contribution in [0, 0.1) is 17.7 Å². The number of benzene rings is 1. The minimum Gasteiger partial charge on any atom is -0.329 e. The van der Waals surface area contributed by atoms with Crippen LogP contribution in [0.25, 0.3) is 0 Å². The first kappa shape index (κ1) is 14.3. The minimum atomic E-state index is -0.193. The molecule has 2 aliphatic carbocycles. The van der Waals surface area contributed by atoms with Crippen molar-refractivity contribution in [1.29, 1.82) is 0 Å². The van der Waals surface area contributed by atoms with E-state index in [9.17, 15) is 4.39 Å². The second kappa shape index (κ2) is 6.00. The fraction of sp³-hybridized carbons (Fsp3) is 0.625. The Labute approximate surface area is 125 Å². The molecule has 0 radical (unpaired) electrons. The quantitative estimate of drug-likeness (QED) is 0.833. The van der Waals surface area contributed by atoms with E-state index in [1.807, 2.05) is 0 Å². The zero-order valence-electron chi connectivity index (χ0n) is 11.7. The summed E-state index contributed by atoms with van der Waals surface area (Å²) in [6, 6.07) is 4.74. The molecule has 0 spiro atoms. The first-order chi connectivity index (χ1) is 9.67. The van der Waals surface area contributed by atoms with Crippen LogP contribution in [0.2, 0.25) is 5.02 Å². The van der Waals surface area contributed by atoms with Crippen LogP contribution in [-0.4, -0.2) is 24.5 Å². The average molecular weight is 297 g/mol. The van der Waals surface area contributed by atoms with E-state index in [-0.39, 0.29) is 11.9 Å². The molecule has 0 bridgehead atoms. The van der Waals surface area contributed by atoms with Gasteiger partial charge in [0.05, 0.1) is 0 Å². The normalized spacial score (nSPS) is 20.4. The van der Waals surface area contributed by atoms with Crippen LogP contribution in [0.1, 0.15) is 37.3 Å². The fourth-order valence-corrected chi connectivity index (χ4v) is 3.02. The molecule has 3 rings (SSSR count). The van der Waals surface area contributed by atoms with Crippen molar-refractivity contribution in [2.45, 2.75) is 31.7 Å². The van der Waals surface area contributed by atoms with Gasteiger partial charge in [-0.3, -0.25) is 4.90 Å². The highest BCUT2D eigenvalue weighted by molar-refractivity contribution is 6.30. The molecule has 20 heavy (non-hydrogen) atoms. The van der Waals surface area contributed by atoms with Crippen molar-refractivity contribution in [2.24, 2.45) is 17.6 Å². The average Bonchev–Trinajstić information content (AvgIpc) is 3.30. The van der Waals surface area contributed by atoms with E-state index in [1.54, 1.807) is 12.1 Å². The molecule has 0 saturated heterocycles. The summed E-state index contributed by atoms with van der Waals surface area (Å²) >= 11 is 6.03. The van der Waals surface area contributed by atoms with E-state index in [4.69, 9.17) is 17.3 Å². The molecule has 1 aromatic carbocycles. The largest absolute Gasteiger partial charge is 0.329 e. The molecule has 0 aliphatic heterocycles. The summed E-state index contributed by atoms with van der Waals surface area (Å²) in [6.07, 6.45) is 5.21. The molecule has 2 N–H and O–H groups in total. The highest BCUT2D eigenvalue weighted by Gasteiger charge is 2.33. The van der Waals surface area contributed by atoms with Crippen molar-refractivity contribution >= 4 is 11.6 Å². The summed E-state index contributed by atoms with van der Waals surface area (Å²) in [4.78, 5) is 2.39. The van der Waals surface area contributed by atoms with E-state index in [0.717, 1.165) is 24.9 Å². The summed E-state index contributed by atoms with van der Waals surface area (Å²) < 4.78 is 14.1. The molecule has 2 aliphatic rings. The third-order valence-electron chi connectivity index (χ3n) is 4.36.